The third-order valence-corrected chi connectivity index (χ3v) is 11.3. The van der Waals surface area contributed by atoms with Crippen molar-refractivity contribution in [3.63, 3.8) is 0 Å². The number of ether oxygens (including phenoxy) is 3. The van der Waals surface area contributed by atoms with E-state index in [1.54, 1.807) is 24.5 Å². The fourth-order valence-electron chi connectivity index (χ4n) is 8.13. The Morgan fingerprint density at radius 2 is 1.44 bits per heavy atom. The van der Waals surface area contributed by atoms with E-state index in [0.29, 0.717) is 32.7 Å². The lowest BCUT2D eigenvalue weighted by atomic mass is 9.98. The van der Waals surface area contributed by atoms with E-state index in [0.717, 1.165) is 79.5 Å². The zero-order valence-electron chi connectivity index (χ0n) is 33.7. The molecule has 62 heavy (non-hydrogen) atoms. The molecule has 1 fully saturated rings. The van der Waals surface area contributed by atoms with Crippen molar-refractivity contribution in [1.29, 1.82) is 0 Å². The van der Waals surface area contributed by atoms with Gasteiger partial charge in [-0.15, -0.1) is 0 Å². The average molecular weight is 831 g/mol. The van der Waals surface area contributed by atoms with Crippen LogP contribution >= 0.6 is 0 Å². The fraction of sp³-hybridized carbons (Fsp3) is 0.229. The van der Waals surface area contributed by atoms with Gasteiger partial charge in [-0.2, -0.15) is 5.10 Å². The molecular weight excluding hydrogens is 789 g/mol. The first-order chi connectivity index (χ1) is 30.4. The second-order valence-corrected chi connectivity index (χ2v) is 15.2. The van der Waals surface area contributed by atoms with Crippen molar-refractivity contribution in [2.45, 2.75) is 44.6 Å². The van der Waals surface area contributed by atoms with Crippen molar-refractivity contribution < 1.29 is 38.6 Å². The molecule has 1 unspecified atom stereocenters. The minimum absolute atomic E-state index is 0.0551. The van der Waals surface area contributed by atoms with Crippen molar-refractivity contribution in [1.82, 2.24) is 25.0 Å². The normalized spacial score (nSPS) is 16.4. The van der Waals surface area contributed by atoms with E-state index in [4.69, 9.17) is 19.3 Å². The fourth-order valence-corrected chi connectivity index (χ4v) is 8.13. The zero-order valence-corrected chi connectivity index (χ0v) is 33.7. The van der Waals surface area contributed by atoms with Gasteiger partial charge < -0.3 is 19.4 Å². The minimum Gasteiger partial charge on any atom is -0.494 e. The number of piperidine rings is 1. The number of nitrogens with one attached hydrogen (secondary N) is 1. The summed E-state index contributed by atoms with van der Waals surface area (Å²) >= 11 is 0. The maximum Gasteiger partial charge on any atom is 0.266 e. The third kappa shape index (κ3) is 8.07. The van der Waals surface area contributed by atoms with E-state index in [1.807, 2.05) is 47.1 Å². The predicted octanol–water partition coefficient (Wildman–Crippen LogP) is 7.05. The summed E-state index contributed by atoms with van der Waals surface area (Å²) < 4.78 is 19.5. The van der Waals surface area contributed by atoms with Gasteiger partial charge >= 0.3 is 0 Å². The second kappa shape index (κ2) is 17.6. The van der Waals surface area contributed by atoms with Gasteiger partial charge in [0.2, 0.25) is 11.8 Å². The number of carbonyl (C=O) groups is 4. The molecule has 1 saturated heterocycles. The Bertz CT molecular complexity index is 2700. The van der Waals surface area contributed by atoms with E-state index >= 15 is 0 Å². The van der Waals surface area contributed by atoms with Crippen LogP contribution in [0.2, 0.25) is 0 Å². The molecule has 4 aromatic carbocycles. The van der Waals surface area contributed by atoms with Crippen molar-refractivity contribution in [3.8, 4) is 50.7 Å². The van der Waals surface area contributed by atoms with Gasteiger partial charge in [0.05, 0.1) is 35.7 Å². The van der Waals surface area contributed by atoms with Crippen LogP contribution in [0.1, 0.15) is 63.9 Å². The van der Waals surface area contributed by atoms with Gasteiger partial charge in [0.15, 0.2) is 0 Å². The summed E-state index contributed by atoms with van der Waals surface area (Å²) in [6.07, 6.45) is 8.54. The lowest BCUT2D eigenvalue weighted by molar-refractivity contribution is -0.136. The quantitative estimate of drug-likeness (QED) is 0.0473. The highest BCUT2D eigenvalue weighted by Gasteiger charge is 2.46. The number of benzene rings is 4. The monoisotopic (exact) mass is 830 g/mol. The Labute approximate surface area is 356 Å². The molecule has 14 nitrogen and oxygen atoms in total. The molecule has 4 amide bonds. The summed E-state index contributed by atoms with van der Waals surface area (Å²) in [5.74, 6) is -1.22. The minimum atomic E-state index is -1.03. The number of oxime groups is 1. The van der Waals surface area contributed by atoms with Gasteiger partial charge in [-0.25, -0.2) is 4.68 Å². The highest BCUT2D eigenvalue weighted by molar-refractivity contribution is 6.24. The summed E-state index contributed by atoms with van der Waals surface area (Å²) in [5.41, 5.74) is 10.1. The number of hydrogen-bond donors (Lipinski definition) is 2. The van der Waals surface area contributed by atoms with E-state index in [-0.39, 0.29) is 36.3 Å². The van der Waals surface area contributed by atoms with Crippen LogP contribution in [0.15, 0.2) is 121 Å². The molecule has 312 valence electrons. The summed E-state index contributed by atoms with van der Waals surface area (Å²) in [5, 5.41) is 20.1. The SMILES string of the molecule is O=C1CCC(N2C(=O)c3cccc(OCCCOCCCOc4ccc(-c5ccc(-n6cc(-c7ccc8c(c7)CC/C8=N\O)c(-c7ccncc7)n6)cc5)cc4)c3C2=O)C(=O)N1. The largest absolute Gasteiger partial charge is 0.494 e. The van der Waals surface area contributed by atoms with Gasteiger partial charge in [-0.1, -0.05) is 53.7 Å². The lowest BCUT2D eigenvalue weighted by Gasteiger charge is -2.27. The summed E-state index contributed by atoms with van der Waals surface area (Å²) in [7, 11) is 0. The highest BCUT2D eigenvalue weighted by Crippen LogP contribution is 2.36. The Balaban J connectivity index is 0.736. The molecule has 1 aliphatic carbocycles. The smallest absolute Gasteiger partial charge is 0.266 e. The van der Waals surface area contributed by atoms with Crippen molar-refractivity contribution in [2.75, 3.05) is 26.4 Å². The van der Waals surface area contributed by atoms with Crippen molar-refractivity contribution >= 4 is 29.3 Å². The van der Waals surface area contributed by atoms with E-state index in [1.165, 1.54) is 6.07 Å². The molecule has 14 heteroatoms. The number of fused-ring (bicyclic) bond motifs is 2. The van der Waals surface area contributed by atoms with Gasteiger partial charge in [0.1, 0.15) is 23.2 Å². The molecular formula is C48H42N6O8. The van der Waals surface area contributed by atoms with Gasteiger partial charge in [-0.05, 0) is 90.0 Å². The molecule has 3 aliphatic rings. The molecule has 9 rings (SSSR count). The maximum absolute atomic E-state index is 13.3. The van der Waals surface area contributed by atoms with Crippen LogP contribution in [-0.4, -0.2) is 86.7 Å². The molecule has 0 radical (unpaired) electrons. The molecule has 0 bridgehead atoms. The topological polar surface area (TPSA) is 175 Å². The first kappa shape index (κ1) is 40.0. The lowest BCUT2D eigenvalue weighted by Crippen LogP contribution is -2.54. The van der Waals surface area contributed by atoms with Crippen LogP contribution < -0.4 is 14.8 Å². The number of hydrogen-bond acceptors (Lipinski definition) is 11. The zero-order chi connectivity index (χ0) is 42.6. The Hall–Kier alpha value is -7.45. The second-order valence-electron chi connectivity index (χ2n) is 15.2. The van der Waals surface area contributed by atoms with Gasteiger partial charge in [0, 0.05) is 67.8 Å². The maximum atomic E-state index is 13.3. The molecule has 0 spiro atoms. The van der Waals surface area contributed by atoms with Crippen LogP contribution in [0.5, 0.6) is 11.5 Å². The van der Waals surface area contributed by atoms with Gasteiger partial charge in [-0.3, -0.25) is 34.4 Å². The summed E-state index contributed by atoms with van der Waals surface area (Å²) in [6.45, 7) is 1.68. The number of carbonyl (C=O) groups excluding carboxylic acids is 4. The van der Waals surface area contributed by atoms with E-state index in [9.17, 15) is 24.4 Å². The standard InChI is InChI=1S/C48H42N6O8/c55-43-19-18-41(46(56)50-43)54-47(57)38-4-1-5-42(44(38)48(54)58)62-27-3-25-60-24-2-26-61-36-14-8-31(9-15-36)30-6-12-35(13-7-30)53-29-39(45(51-53)32-20-22-49-23-21-32)34-10-16-37-33(28-34)11-17-40(37)52-59/h1,4-10,12-16,20-23,28-29,41,59H,2-3,11,17-19,24-27H2,(H,50,55,56)/b52-40+. The van der Waals surface area contributed by atoms with Gasteiger partial charge in [0.25, 0.3) is 11.8 Å². The van der Waals surface area contributed by atoms with Crippen LogP contribution in [-0.2, 0) is 20.7 Å². The predicted molar refractivity (Wildman–Crippen MR) is 228 cm³/mol. The molecule has 2 aromatic heterocycles. The van der Waals surface area contributed by atoms with E-state index < -0.39 is 29.7 Å². The Morgan fingerprint density at radius 3 is 2.18 bits per heavy atom. The number of pyridine rings is 1. The molecule has 4 heterocycles. The molecule has 1 atom stereocenters. The van der Waals surface area contributed by atoms with Crippen LogP contribution in [0.3, 0.4) is 0 Å². The van der Waals surface area contributed by atoms with Crippen LogP contribution in [0.4, 0.5) is 0 Å². The number of amides is 4. The van der Waals surface area contributed by atoms with E-state index in [2.05, 4.69) is 58.1 Å². The van der Waals surface area contributed by atoms with Crippen LogP contribution in [0, 0.1) is 0 Å². The Kier molecular flexibility index (Phi) is 11.4. The highest BCUT2D eigenvalue weighted by atomic mass is 16.5. The third-order valence-electron chi connectivity index (χ3n) is 11.3. The molecule has 0 saturated carbocycles. The number of imide groups is 2. The average Bonchev–Trinajstić information content (AvgIpc) is 4.01. The number of aromatic nitrogens is 3. The molecule has 6 aromatic rings. The van der Waals surface area contributed by atoms with Crippen molar-refractivity contribution in [3.05, 3.63) is 138 Å². The molecule has 2 aliphatic heterocycles. The first-order valence-corrected chi connectivity index (χ1v) is 20.6. The summed E-state index contributed by atoms with van der Waals surface area (Å²) in [6, 6.07) is 30.2. The number of aryl methyl sites for hydroxylation is 1. The molecule has 2 N–H and O–H groups in total. The number of nitrogens with zero attached hydrogens (tertiary/aromatic N) is 5. The summed E-state index contributed by atoms with van der Waals surface area (Å²) in [4.78, 5) is 55.4. The first-order valence-electron chi connectivity index (χ1n) is 20.6. The van der Waals surface area contributed by atoms with Crippen molar-refractivity contribution in [2.24, 2.45) is 5.16 Å². The number of rotatable bonds is 15. The Morgan fingerprint density at radius 1 is 0.710 bits per heavy atom. The van der Waals surface area contributed by atoms with Crippen LogP contribution in [0.25, 0.3) is 39.2 Å².